The zero-order valence-corrected chi connectivity index (χ0v) is 20.2. The lowest BCUT2D eigenvalue weighted by molar-refractivity contribution is -0.140. The minimum atomic E-state index is -0.282. The molecule has 0 aromatic rings. The summed E-state index contributed by atoms with van der Waals surface area (Å²) in [6.07, 6.45) is 18.5. The third kappa shape index (κ3) is 19.3. The number of methoxy groups -OCH3 is 1. The molecule has 0 bridgehead atoms. The molecule has 1 N–H and O–H groups in total. The number of hydrogen-bond acceptors (Lipinski definition) is 5. The lowest BCUT2D eigenvalue weighted by Crippen LogP contribution is -2.28. The first-order chi connectivity index (χ1) is 14.7. The predicted octanol–water partition coefficient (Wildman–Crippen LogP) is 6.20. The van der Waals surface area contributed by atoms with Crippen molar-refractivity contribution in [2.75, 3.05) is 26.9 Å². The van der Waals surface area contributed by atoms with Crippen LogP contribution in [0.5, 0.6) is 0 Å². The van der Waals surface area contributed by atoms with E-state index in [1.54, 1.807) is 0 Å². The van der Waals surface area contributed by atoms with Crippen LogP contribution in [0.3, 0.4) is 0 Å². The Bertz CT molecular complexity index is 361. The highest BCUT2D eigenvalue weighted by Gasteiger charge is 2.14. The van der Waals surface area contributed by atoms with E-state index in [2.05, 4.69) is 18.6 Å². The molecule has 0 spiro atoms. The molecule has 1 unspecified atom stereocenters. The molecule has 30 heavy (non-hydrogen) atoms. The maximum absolute atomic E-state index is 11.1. The molecule has 0 aliphatic heterocycles. The van der Waals surface area contributed by atoms with Gasteiger partial charge in [-0.3, -0.25) is 4.79 Å². The summed E-state index contributed by atoms with van der Waals surface area (Å²) in [5.74, 6) is -0.188. The summed E-state index contributed by atoms with van der Waals surface area (Å²) in [7, 11) is 1.40. The van der Waals surface area contributed by atoms with E-state index in [0.29, 0.717) is 19.6 Å². The number of aliphatic hydroxyl groups excluding tert-OH is 1. The van der Waals surface area contributed by atoms with Gasteiger partial charge in [-0.1, -0.05) is 84.5 Å². The largest absolute Gasteiger partial charge is 0.469 e. The summed E-state index contributed by atoms with van der Waals surface area (Å²) in [5.41, 5.74) is 0. The second kappa shape index (κ2) is 23.0. The number of carbonyl (C=O) groups excluding carboxylic acids is 1. The molecule has 0 aliphatic carbocycles. The molecule has 5 nitrogen and oxygen atoms in total. The number of esters is 1. The van der Waals surface area contributed by atoms with Gasteiger partial charge in [-0.2, -0.15) is 0 Å². The summed E-state index contributed by atoms with van der Waals surface area (Å²) in [4.78, 5) is 11.1. The van der Waals surface area contributed by atoms with Crippen LogP contribution < -0.4 is 0 Å². The van der Waals surface area contributed by atoms with Crippen LogP contribution in [0.25, 0.3) is 0 Å². The molecule has 0 rings (SSSR count). The van der Waals surface area contributed by atoms with Crippen LogP contribution in [-0.4, -0.2) is 50.2 Å². The highest BCUT2D eigenvalue weighted by Crippen LogP contribution is 2.16. The smallest absolute Gasteiger partial charge is 0.305 e. The topological polar surface area (TPSA) is 65.0 Å². The van der Waals surface area contributed by atoms with Crippen LogP contribution in [0.15, 0.2) is 0 Å². The van der Waals surface area contributed by atoms with E-state index in [0.717, 1.165) is 25.7 Å². The first kappa shape index (κ1) is 29.4. The highest BCUT2D eigenvalue weighted by molar-refractivity contribution is 5.68. The van der Waals surface area contributed by atoms with Gasteiger partial charge in [-0.05, 0) is 25.7 Å². The summed E-state index contributed by atoms with van der Waals surface area (Å²) in [5, 5.41) is 9.57. The molecule has 0 amide bonds. The van der Waals surface area contributed by atoms with Gasteiger partial charge in [0.2, 0.25) is 0 Å². The fourth-order valence-corrected chi connectivity index (χ4v) is 3.55. The zero-order chi connectivity index (χ0) is 22.3. The highest BCUT2D eigenvalue weighted by atomic mass is 16.5. The minimum absolute atomic E-state index is 0.0322. The molecule has 0 fully saturated rings. The van der Waals surface area contributed by atoms with Crippen LogP contribution in [0, 0.1) is 0 Å². The fraction of sp³-hybridized carbons (Fsp3) is 0.960. The molecule has 2 atom stereocenters. The van der Waals surface area contributed by atoms with Crippen molar-refractivity contribution in [2.45, 2.75) is 129 Å². The summed E-state index contributed by atoms with van der Waals surface area (Å²) >= 11 is 0. The third-order valence-corrected chi connectivity index (χ3v) is 5.59. The molecular weight excluding hydrogens is 380 g/mol. The number of rotatable bonds is 23. The van der Waals surface area contributed by atoms with Crippen molar-refractivity contribution in [2.24, 2.45) is 0 Å². The molecule has 0 saturated heterocycles. The van der Waals surface area contributed by atoms with Gasteiger partial charge >= 0.3 is 5.97 Å². The normalized spacial score (nSPS) is 13.3. The van der Waals surface area contributed by atoms with Gasteiger partial charge in [0.25, 0.3) is 0 Å². The van der Waals surface area contributed by atoms with Gasteiger partial charge in [0.05, 0.1) is 26.4 Å². The molecular formula is C25H50O5. The van der Waals surface area contributed by atoms with E-state index in [9.17, 15) is 9.90 Å². The quantitative estimate of drug-likeness (QED) is 0.154. The third-order valence-electron chi connectivity index (χ3n) is 5.59. The lowest BCUT2D eigenvalue weighted by Gasteiger charge is -2.22. The summed E-state index contributed by atoms with van der Waals surface area (Å²) in [6.45, 7) is 5.42. The second-order valence-corrected chi connectivity index (χ2v) is 8.42. The second-order valence-electron chi connectivity index (χ2n) is 8.42. The number of carbonyl (C=O) groups is 1. The first-order valence-corrected chi connectivity index (χ1v) is 12.6. The van der Waals surface area contributed by atoms with Gasteiger partial charge in [-0.15, -0.1) is 0 Å². The number of aliphatic hydroxyl groups is 1. The van der Waals surface area contributed by atoms with Crippen LogP contribution in [0.4, 0.5) is 0 Å². The number of hydrogen-bond donors (Lipinski definition) is 1. The van der Waals surface area contributed by atoms with E-state index in [-0.39, 0.29) is 24.8 Å². The lowest BCUT2D eigenvalue weighted by atomic mass is 10.0. The van der Waals surface area contributed by atoms with Crippen molar-refractivity contribution in [3.63, 3.8) is 0 Å². The molecule has 0 radical (unpaired) electrons. The van der Waals surface area contributed by atoms with Crippen LogP contribution in [-0.2, 0) is 19.0 Å². The Labute approximate surface area is 186 Å². The average molecular weight is 431 g/mol. The van der Waals surface area contributed by atoms with Gasteiger partial charge in [0.1, 0.15) is 6.10 Å². The number of unbranched alkanes of at least 4 members (excludes halogenated alkanes) is 10. The molecule has 5 heteroatoms. The molecule has 0 aromatic heterocycles. The van der Waals surface area contributed by atoms with Crippen molar-refractivity contribution in [1.82, 2.24) is 0 Å². The van der Waals surface area contributed by atoms with Crippen molar-refractivity contribution < 1.29 is 24.1 Å². The molecule has 0 aromatic carbocycles. The van der Waals surface area contributed by atoms with Crippen LogP contribution >= 0.6 is 0 Å². The van der Waals surface area contributed by atoms with Crippen molar-refractivity contribution in [3.8, 4) is 0 Å². The number of ether oxygens (including phenoxy) is 3. The van der Waals surface area contributed by atoms with E-state index in [1.807, 2.05) is 0 Å². The predicted molar refractivity (Wildman–Crippen MR) is 124 cm³/mol. The zero-order valence-electron chi connectivity index (χ0n) is 20.2. The van der Waals surface area contributed by atoms with E-state index >= 15 is 0 Å². The molecule has 180 valence electrons. The summed E-state index contributed by atoms with van der Waals surface area (Å²) < 4.78 is 16.5. The van der Waals surface area contributed by atoms with Gasteiger partial charge in [-0.25, -0.2) is 0 Å². The van der Waals surface area contributed by atoms with E-state index < -0.39 is 0 Å². The maximum atomic E-state index is 11.1. The van der Waals surface area contributed by atoms with E-state index in [4.69, 9.17) is 9.47 Å². The van der Waals surface area contributed by atoms with Gasteiger partial charge < -0.3 is 19.3 Å². The Morgan fingerprint density at radius 1 is 0.733 bits per heavy atom. The van der Waals surface area contributed by atoms with Gasteiger partial charge in [0, 0.05) is 13.0 Å². The Morgan fingerprint density at radius 2 is 1.33 bits per heavy atom. The maximum Gasteiger partial charge on any atom is 0.305 e. The van der Waals surface area contributed by atoms with Crippen LogP contribution in [0.2, 0.25) is 0 Å². The Kier molecular flexibility index (Phi) is 22.5. The van der Waals surface area contributed by atoms with Crippen LogP contribution in [0.1, 0.15) is 117 Å². The van der Waals surface area contributed by atoms with Crippen molar-refractivity contribution >= 4 is 5.97 Å². The Hall–Kier alpha value is -0.650. The summed E-state index contributed by atoms with van der Waals surface area (Å²) in [6, 6.07) is 0. The fourth-order valence-electron chi connectivity index (χ4n) is 3.55. The Morgan fingerprint density at radius 3 is 1.93 bits per heavy atom. The first-order valence-electron chi connectivity index (χ1n) is 12.6. The van der Waals surface area contributed by atoms with Crippen molar-refractivity contribution in [3.05, 3.63) is 0 Å². The van der Waals surface area contributed by atoms with Gasteiger partial charge in [0.15, 0.2) is 0 Å². The van der Waals surface area contributed by atoms with Crippen molar-refractivity contribution in [1.29, 1.82) is 0 Å². The minimum Gasteiger partial charge on any atom is -0.469 e. The average Bonchev–Trinajstić information content (AvgIpc) is 2.76. The SMILES string of the molecule is CCCCCCCCCCCC(CCCC)OC[C@H](CO)OCCCCC(=O)OC. The standard InChI is InChI=1S/C25H50O5/c1-4-6-8-9-10-11-12-13-14-18-23(17-7-5-2)30-22-24(21-26)29-20-16-15-19-25(27)28-3/h23-24,26H,4-22H2,1-3H3/t23?,24-/m0/s1. The molecule has 0 heterocycles. The monoisotopic (exact) mass is 430 g/mol. The molecule has 0 saturated carbocycles. The Balaban J connectivity index is 3.91. The molecule has 0 aliphatic rings. The van der Waals surface area contributed by atoms with E-state index in [1.165, 1.54) is 77.7 Å².